The molecule has 0 atom stereocenters. The molecule has 1 aliphatic heterocycles. The number of carbonyl (C=O) groups excluding carboxylic acids is 2. The second-order valence-corrected chi connectivity index (χ2v) is 9.18. The number of hydrogen-bond donors (Lipinski definition) is 1. The second-order valence-electron chi connectivity index (χ2n) is 8.15. The number of benzene rings is 2. The Morgan fingerprint density at radius 3 is 2.71 bits per heavy atom. The Kier molecular flexibility index (Phi) is 7.36. The maximum absolute atomic E-state index is 13.2. The number of non-ortho nitro benzene ring substituents is 1. The van der Waals surface area contributed by atoms with Crippen molar-refractivity contribution in [2.45, 2.75) is 39.0 Å². The van der Waals surface area contributed by atoms with Crippen molar-refractivity contribution < 1.29 is 19.2 Å². The highest BCUT2D eigenvalue weighted by atomic mass is 32.1. The van der Waals surface area contributed by atoms with E-state index >= 15 is 0 Å². The van der Waals surface area contributed by atoms with E-state index in [4.69, 9.17) is 4.74 Å². The van der Waals surface area contributed by atoms with Gasteiger partial charge in [-0.25, -0.2) is 9.78 Å². The summed E-state index contributed by atoms with van der Waals surface area (Å²) >= 11 is 1.23. The number of thiazole rings is 1. The first-order valence-corrected chi connectivity index (χ1v) is 12.2. The van der Waals surface area contributed by atoms with E-state index in [2.05, 4.69) is 15.2 Å². The molecule has 34 heavy (non-hydrogen) atoms. The zero-order valence-corrected chi connectivity index (χ0v) is 19.7. The summed E-state index contributed by atoms with van der Waals surface area (Å²) in [5.74, 6) is -0.848. The lowest BCUT2D eigenvalue weighted by Gasteiger charge is -2.30. The first-order valence-electron chi connectivity index (χ1n) is 11.4. The van der Waals surface area contributed by atoms with Crippen LogP contribution in [0.4, 0.5) is 16.5 Å². The van der Waals surface area contributed by atoms with E-state index in [0.29, 0.717) is 28.5 Å². The van der Waals surface area contributed by atoms with Crippen molar-refractivity contribution in [3.8, 4) is 0 Å². The van der Waals surface area contributed by atoms with Crippen LogP contribution < -0.4 is 10.2 Å². The average Bonchev–Trinajstić information content (AvgIpc) is 3.25. The van der Waals surface area contributed by atoms with Gasteiger partial charge in [0.05, 0.1) is 38.6 Å². The van der Waals surface area contributed by atoms with Crippen LogP contribution in [0.25, 0.3) is 10.2 Å². The first kappa shape index (κ1) is 23.6. The van der Waals surface area contributed by atoms with E-state index in [1.54, 1.807) is 24.3 Å². The highest BCUT2D eigenvalue weighted by Crippen LogP contribution is 2.31. The SMILES string of the molecule is CCCCOC(=O)c1ccc2nc(NC(=O)c3cc([N+](=O)[O-])ccc3N3CCCCC3)sc2c1. The van der Waals surface area contributed by atoms with E-state index in [-0.39, 0.29) is 11.3 Å². The number of anilines is 2. The summed E-state index contributed by atoms with van der Waals surface area (Å²) < 4.78 is 6.00. The number of esters is 1. The normalized spacial score (nSPS) is 13.6. The van der Waals surface area contributed by atoms with Crippen LogP contribution in [0.1, 0.15) is 59.7 Å². The standard InChI is InChI=1S/C24H26N4O5S/c1-2-3-13-33-23(30)16-7-9-19-21(14-16)34-24(25-19)26-22(29)18-15-17(28(31)32)8-10-20(18)27-11-5-4-6-12-27/h7-10,14-15H,2-6,11-13H2,1H3,(H,25,26,29). The van der Waals surface area contributed by atoms with Crippen LogP contribution in [-0.4, -0.2) is 41.5 Å². The van der Waals surface area contributed by atoms with Crippen LogP contribution in [0.2, 0.25) is 0 Å². The predicted molar refractivity (Wildman–Crippen MR) is 132 cm³/mol. The van der Waals surface area contributed by atoms with Crippen molar-refractivity contribution in [2.75, 3.05) is 29.9 Å². The molecule has 2 heterocycles. The van der Waals surface area contributed by atoms with Gasteiger partial charge in [0.15, 0.2) is 5.13 Å². The van der Waals surface area contributed by atoms with Gasteiger partial charge in [0.1, 0.15) is 0 Å². The molecule has 9 nitrogen and oxygen atoms in total. The van der Waals surface area contributed by atoms with Gasteiger partial charge in [-0.3, -0.25) is 20.2 Å². The smallest absolute Gasteiger partial charge is 0.338 e. The van der Waals surface area contributed by atoms with Crippen LogP contribution in [-0.2, 0) is 4.74 Å². The van der Waals surface area contributed by atoms with E-state index in [1.165, 1.54) is 23.5 Å². The number of fused-ring (bicyclic) bond motifs is 1. The van der Waals surface area contributed by atoms with Crippen LogP contribution >= 0.6 is 11.3 Å². The lowest BCUT2D eigenvalue weighted by atomic mass is 10.1. The maximum Gasteiger partial charge on any atom is 0.338 e. The third-order valence-corrected chi connectivity index (χ3v) is 6.64. The molecule has 0 unspecified atom stereocenters. The van der Waals surface area contributed by atoms with Crippen molar-refractivity contribution in [3.63, 3.8) is 0 Å². The maximum atomic E-state index is 13.2. The van der Waals surface area contributed by atoms with Gasteiger partial charge in [-0.05, 0) is 49.9 Å². The number of nitro benzene ring substituents is 1. The number of nitrogens with one attached hydrogen (secondary N) is 1. The largest absolute Gasteiger partial charge is 0.462 e. The molecule has 0 spiro atoms. The Morgan fingerprint density at radius 2 is 1.97 bits per heavy atom. The zero-order chi connectivity index (χ0) is 24.1. The molecule has 0 aliphatic carbocycles. The number of piperidine rings is 1. The number of carbonyl (C=O) groups is 2. The van der Waals surface area contributed by atoms with Gasteiger partial charge in [-0.1, -0.05) is 24.7 Å². The summed E-state index contributed by atoms with van der Waals surface area (Å²) in [4.78, 5) is 42.8. The fourth-order valence-corrected chi connectivity index (χ4v) is 4.79. The van der Waals surface area contributed by atoms with E-state index in [9.17, 15) is 19.7 Å². The quantitative estimate of drug-likeness (QED) is 0.198. The molecule has 2 aromatic carbocycles. The average molecular weight is 483 g/mol. The molecule has 0 radical (unpaired) electrons. The van der Waals surface area contributed by atoms with Gasteiger partial charge in [0.2, 0.25) is 0 Å². The molecular weight excluding hydrogens is 456 g/mol. The number of hydrogen-bond acceptors (Lipinski definition) is 8. The molecule has 1 N–H and O–H groups in total. The summed E-state index contributed by atoms with van der Waals surface area (Å²) in [5, 5.41) is 14.5. The van der Waals surface area contributed by atoms with Crippen LogP contribution in [0.5, 0.6) is 0 Å². The number of nitrogens with zero attached hydrogens (tertiary/aromatic N) is 3. The first-order chi connectivity index (χ1) is 16.5. The number of aromatic nitrogens is 1. The fourth-order valence-electron chi connectivity index (χ4n) is 3.89. The summed E-state index contributed by atoms with van der Waals surface area (Å²) in [6, 6.07) is 9.45. The highest BCUT2D eigenvalue weighted by molar-refractivity contribution is 7.22. The minimum Gasteiger partial charge on any atom is -0.462 e. The summed E-state index contributed by atoms with van der Waals surface area (Å²) in [5.41, 5.74) is 1.86. The molecule has 3 aromatic rings. The lowest BCUT2D eigenvalue weighted by Crippen LogP contribution is -2.31. The van der Waals surface area contributed by atoms with Crippen molar-refractivity contribution in [1.82, 2.24) is 4.98 Å². The molecule has 0 bridgehead atoms. The number of amides is 1. The van der Waals surface area contributed by atoms with Crippen molar-refractivity contribution in [1.29, 1.82) is 0 Å². The molecule has 1 fully saturated rings. The van der Waals surface area contributed by atoms with Crippen molar-refractivity contribution in [2.24, 2.45) is 0 Å². The minimum atomic E-state index is -0.504. The minimum absolute atomic E-state index is 0.138. The van der Waals surface area contributed by atoms with Gasteiger partial charge in [0.25, 0.3) is 11.6 Å². The monoisotopic (exact) mass is 482 g/mol. The summed E-state index contributed by atoms with van der Waals surface area (Å²) in [6.07, 6.45) is 4.90. The van der Waals surface area contributed by atoms with Gasteiger partial charge >= 0.3 is 5.97 Å². The van der Waals surface area contributed by atoms with E-state index < -0.39 is 16.8 Å². The topological polar surface area (TPSA) is 115 Å². The lowest BCUT2D eigenvalue weighted by molar-refractivity contribution is -0.384. The molecule has 1 aliphatic rings. The third-order valence-electron chi connectivity index (χ3n) is 5.71. The third kappa shape index (κ3) is 5.33. The van der Waals surface area contributed by atoms with Crippen molar-refractivity contribution >= 4 is 49.9 Å². The Labute approximate surface area is 200 Å². The number of rotatable bonds is 8. The Bertz CT molecular complexity index is 1220. The molecule has 178 valence electrons. The highest BCUT2D eigenvalue weighted by Gasteiger charge is 2.23. The molecule has 10 heteroatoms. The summed E-state index contributed by atoms with van der Waals surface area (Å²) in [6.45, 7) is 4.00. The number of nitro groups is 1. The molecule has 0 saturated carbocycles. The van der Waals surface area contributed by atoms with Crippen LogP contribution in [0, 0.1) is 10.1 Å². The second kappa shape index (κ2) is 10.6. The van der Waals surface area contributed by atoms with Gasteiger partial charge in [-0.2, -0.15) is 0 Å². The van der Waals surface area contributed by atoms with Crippen LogP contribution in [0.15, 0.2) is 36.4 Å². The fraction of sp³-hybridized carbons (Fsp3) is 0.375. The molecule has 1 aromatic heterocycles. The van der Waals surface area contributed by atoms with E-state index in [1.807, 2.05) is 6.92 Å². The van der Waals surface area contributed by atoms with Gasteiger partial charge < -0.3 is 9.64 Å². The summed E-state index contributed by atoms with van der Waals surface area (Å²) in [7, 11) is 0. The Balaban J connectivity index is 1.57. The number of unbranched alkanes of at least 4 members (excludes halogenated alkanes) is 1. The zero-order valence-electron chi connectivity index (χ0n) is 18.9. The molecule has 4 rings (SSSR count). The van der Waals surface area contributed by atoms with E-state index in [0.717, 1.165) is 49.9 Å². The molecular formula is C24H26N4O5S. The predicted octanol–water partition coefficient (Wildman–Crippen LogP) is 5.40. The van der Waals surface area contributed by atoms with Crippen LogP contribution in [0.3, 0.4) is 0 Å². The van der Waals surface area contributed by atoms with Gasteiger partial charge in [0, 0.05) is 25.2 Å². The number of ether oxygens (including phenoxy) is 1. The van der Waals surface area contributed by atoms with Gasteiger partial charge in [-0.15, -0.1) is 0 Å². The Morgan fingerprint density at radius 1 is 1.18 bits per heavy atom. The molecule has 1 amide bonds. The van der Waals surface area contributed by atoms with Crippen molar-refractivity contribution in [3.05, 3.63) is 57.6 Å². The Hall–Kier alpha value is -3.53. The molecule has 1 saturated heterocycles.